The number of anilines is 1. The number of rotatable bonds is 2. The van der Waals surface area contributed by atoms with Gasteiger partial charge in [-0.25, -0.2) is 9.97 Å². The Balaban J connectivity index is 1.95. The summed E-state index contributed by atoms with van der Waals surface area (Å²) in [5, 5.41) is 4.32. The molecule has 0 aliphatic rings. The second kappa shape index (κ2) is 4.25. The van der Waals surface area contributed by atoms with Crippen LogP contribution in [0.4, 0.5) is 5.13 Å². The number of nitrogens with zero attached hydrogens (tertiary/aromatic N) is 2. The van der Waals surface area contributed by atoms with E-state index in [-0.39, 0.29) is 0 Å². The normalized spacial score (nSPS) is 11.1. The highest BCUT2D eigenvalue weighted by Gasteiger charge is 2.07. The van der Waals surface area contributed by atoms with Crippen LogP contribution in [0.1, 0.15) is 10.7 Å². The van der Waals surface area contributed by atoms with Crippen molar-refractivity contribution in [1.82, 2.24) is 9.97 Å². The molecule has 0 aliphatic carbocycles. The largest absolute Gasteiger partial charge is 0.375 e. The first-order chi connectivity index (χ1) is 8.20. The molecule has 0 aliphatic heterocycles. The fourth-order valence-corrected chi connectivity index (χ4v) is 3.27. The van der Waals surface area contributed by atoms with Crippen LogP contribution in [0.3, 0.4) is 0 Å². The van der Waals surface area contributed by atoms with Crippen LogP contribution in [0.25, 0.3) is 10.2 Å². The fraction of sp³-hybridized carbons (Fsp3) is 0.0909. The van der Waals surface area contributed by atoms with E-state index in [1.54, 1.807) is 11.3 Å². The van der Waals surface area contributed by atoms with Crippen LogP contribution in [-0.2, 0) is 6.42 Å². The van der Waals surface area contributed by atoms with Gasteiger partial charge >= 0.3 is 0 Å². The third kappa shape index (κ3) is 2.26. The fourth-order valence-electron chi connectivity index (χ4n) is 1.58. The standard InChI is InChI=1S/C11H8ClN3S2/c12-6-1-2-9-8(3-6)15-10(17-9)4-7-5-16-11(13)14-7/h1-3,5H,4H2,(H2,13,14). The lowest BCUT2D eigenvalue weighted by Gasteiger charge is -1.89. The van der Waals surface area contributed by atoms with Crippen LogP contribution in [0.15, 0.2) is 23.6 Å². The lowest BCUT2D eigenvalue weighted by Crippen LogP contribution is -1.88. The summed E-state index contributed by atoms with van der Waals surface area (Å²) in [5.41, 5.74) is 7.52. The van der Waals surface area contributed by atoms with Crippen LogP contribution in [-0.4, -0.2) is 9.97 Å². The van der Waals surface area contributed by atoms with Gasteiger partial charge in [0.25, 0.3) is 0 Å². The van der Waals surface area contributed by atoms with Crippen LogP contribution in [0, 0.1) is 0 Å². The number of hydrogen-bond acceptors (Lipinski definition) is 5. The van der Waals surface area contributed by atoms with Gasteiger partial charge in [0, 0.05) is 16.8 Å². The summed E-state index contributed by atoms with van der Waals surface area (Å²) in [4.78, 5) is 8.77. The Kier molecular flexibility index (Phi) is 2.74. The average molecular weight is 282 g/mol. The van der Waals surface area contributed by atoms with E-state index < -0.39 is 0 Å². The molecule has 1 aromatic carbocycles. The lowest BCUT2D eigenvalue weighted by atomic mass is 10.3. The number of nitrogen functional groups attached to an aromatic ring is 1. The first kappa shape index (κ1) is 11.0. The molecule has 0 spiro atoms. The maximum atomic E-state index is 5.93. The Morgan fingerprint density at radius 3 is 2.94 bits per heavy atom. The van der Waals surface area contributed by atoms with Gasteiger partial charge in [0.05, 0.1) is 20.9 Å². The third-order valence-corrected chi connectivity index (χ3v) is 4.29. The second-order valence-corrected chi connectivity index (χ2v) is 6.01. The Bertz CT molecular complexity index is 674. The molecular formula is C11H8ClN3S2. The van der Waals surface area contributed by atoms with Gasteiger partial charge in [0.1, 0.15) is 0 Å². The Morgan fingerprint density at radius 2 is 2.18 bits per heavy atom. The summed E-state index contributed by atoms with van der Waals surface area (Å²) in [6.07, 6.45) is 0.727. The molecule has 86 valence electrons. The van der Waals surface area contributed by atoms with Gasteiger partial charge in [-0.2, -0.15) is 0 Å². The van der Waals surface area contributed by atoms with Gasteiger partial charge < -0.3 is 5.73 Å². The average Bonchev–Trinajstić information content (AvgIpc) is 2.84. The molecule has 0 saturated carbocycles. The van der Waals surface area contributed by atoms with Gasteiger partial charge in [-0.15, -0.1) is 22.7 Å². The molecule has 0 radical (unpaired) electrons. The highest BCUT2D eigenvalue weighted by atomic mass is 35.5. The maximum Gasteiger partial charge on any atom is 0.180 e. The summed E-state index contributed by atoms with van der Waals surface area (Å²) >= 11 is 9.05. The molecule has 3 rings (SSSR count). The van der Waals surface area contributed by atoms with E-state index in [0.717, 1.165) is 27.3 Å². The highest BCUT2D eigenvalue weighted by molar-refractivity contribution is 7.18. The maximum absolute atomic E-state index is 5.93. The Labute approximate surface area is 111 Å². The molecule has 6 heteroatoms. The first-order valence-electron chi connectivity index (χ1n) is 4.95. The van der Waals surface area contributed by atoms with Crippen LogP contribution in [0.2, 0.25) is 5.02 Å². The predicted molar refractivity (Wildman–Crippen MR) is 74.0 cm³/mol. The van der Waals surface area contributed by atoms with Crippen molar-refractivity contribution in [2.45, 2.75) is 6.42 Å². The molecule has 2 heterocycles. The first-order valence-corrected chi connectivity index (χ1v) is 7.03. The summed E-state index contributed by atoms with van der Waals surface area (Å²) in [6, 6.07) is 5.76. The van der Waals surface area contributed by atoms with Crippen molar-refractivity contribution >= 4 is 49.6 Å². The van der Waals surface area contributed by atoms with Gasteiger partial charge in [-0.1, -0.05) is 11.6 Å². The van der Waals surface area contributed by atoms with Crippen molar-refractivity contribution in [2.75, 3.05) is 5.73 Å². The minimum absolute atomic E-state index is 0.601. The Hall–Kier alpha value is -1.17. The van der Waals surface area contributed by atoms with Gasteiger partial charge in [0.15, 0.2) is 5.13 Å². The molecular weight excluding hydrogens is 274 g/mol. The molecule has 3 nitrogen and oxygen atoms in total. The zero-order chi connectivity index (χ0) is 11.8. The molecule has 0 saturated heterocycles. The number of thiazole rings is 2. The number of fused-ring (bicyclic) bond motifs is 1. The van der Waals surface area contributed by atoms with Crippen molar-refractivity contribution in [2.24, 2.45) is 0 Å². The topological polar surface area (TPSA) is 51.8 Å². The molecule has 0 bridgehead atoms. The molecule has 3 aromatic rings. The second-order valence-electron chi connectivity index (χ2n) is 3.57. The number of halogens is 1. The van der Waals surface area contributed by atoms with Gasteiger partial charge in [0.2, 0.25) is 0 Å². The van der Waals surface area contributed by atoms with Gasteiger partial charge in [-0.05, 0) is 18.2 Å². The van der Waals surface area contributed by atoms with Crippen LogP contribution < -0.4 is 5.73 Å². The zero-order valence-corrected chi connectivity index (χ0v) is 11.1. The van der Waals surface area contributed by atoms with E-state index in [1.165, 1.54) is 11.3 Å². The molecule has 17 heavy (non-hydrogen) atoms. The minimum atomic E-state index is 0.601. The van der Waals surface area contributed by atoms with Crippen molar-refractivity contribution in [3.05, 3.63) is 39.3 Å². The van der Waals surface area contributed by atoms with Gasteiger partial charge in [-0.3, -0.25) is 0 Å². The van der Waals surface area contributed by atoms with E-state index in [2.05, 4.69) is 9.97 Å². The van der Waals surface area contributed by atoms with Crippen LogP contribution in [0.5, 0.6) is 0 Å². The van der Waals surface area contributed by atoms with Crippen LogP contribution >= 0.6 is 34.3 Å². The van der Waals surface area contributed by atoms with E-state index in [4.69, 9.17) is 17.3 Å². The number of hydrogen-bond donors (Lipinski definition) is 1. The molecule has 0 amide bonds. The van der Waals surface area contributed by atoms with Crippen molar-refractivity contribution in [3.8, 4) is 0 Å². The quantitative estimate of drug-likeness (QED) is 0.781. The summed E-state index contributed by atoms with van der Waals surface area (Å²) < 4.78 is 1.15. The van der Waals surface area contributed by atoms with E-state index in [1.807, 2.05) is 23.6 Å². The Morgan fingerprint density at radius 1 is 1.29 bits per heavy atom. The molecule has 0 fully saturated rings. The summed E-state index contributed by atoms with van der Waals surface area (Å²) in [5.74, 6) is 0. The third-order valence-electron chi connectivity index (χ3n) is 2.30. The van der Waals surface area contributed by atoms with Crippen molar-refractivity contribution in [3.63, 3.8) is 0 Å². The zero-order valence-electron chi connectivity index (χ0n) is 8.68. The summed E-state index contributed by atoms with van der Waals surface area (Å²) in [6.45, 7) is 0. The van der Waals surface area contributed by atoms with E-state index in [9.17, 15) is 0 Å². The highest BCUT2D eigenvalue weighted by Crippen LogP contribution is 2.26. The number of aromatic nitrogens is 2. The molecule has 2 aromatic heterocycles. The molecule has 0 unspecified atom stereocenters. The lowest BCUT2D eigenvalue weighted by molar-refractivity contribution is 1.09. The number of nitrogens with two attached hydrogens (primary N) is 1. The predicted octanol–water partition coefficient (Wildman–Crippen LogP) is 3.58. The van der Waals surface area contributed by atoms with Crippen molar-refractivity contribution < 1.29 is 0 Å². The smallest absolute Gasteiger partial charge is 0.180 e. The number of benzene rings is 1. The SMILES string of the molecule is Nc1nc(Cc2nc3cc(Cl)ccc3s2)cs1. The van der Waals surface area contributed by atoms with Crippen molar-refractivity contribution in [1.29, 1.82) is 0 Å². The summed E-state index contributed by atoms with van der Waals surface area (Å²) in [7, 11) is 0. The molecule has 0 atom stereocenters. The molecule has 2 N–H and O–H groups in total. The van der Waals surface area contributed by atoms with E-state index >= 15 is 0 Å². The van der Waals surface area contributed by atoms with E-state index in [0.29, 0.717) is 10.2 Å². The monoisotopic (exact) mass is 281 g/mol. The minimum Gasteiger partial charge on any atom is -0.375 e.